The third-order valence-corrected chi connectivity index (χ3v) is 3.39. The molecule has 0 aromatic carbocycles. The molecule has 1 aliphatic rings. The number of nitrogens with one attached hydrogen (secondary N) is 1. The molecule has 0 bridgehead atoms. The van der Waals surface area contributed by atoms with E-state index in [0.717, 1.165) is 0 Å². The van der Waals surface area contributed by atoms with E-state index in [-0.39, 0.29) is 0 Å². The van der Waals surface area contributed by atoms with Crippen LogP contribution in [0.15, 0.2) is 0 Å². The Bertz CT molecular complexity index is 506. The fraction of sp³-hybridized carbons (Fsp3) is 0.824. The molecule has 1 rings (SSSR count). The zero-order valence-electron chi connectivity index (χ0n) is 16.2. The molecule has 1 N–H and O–H groups in total. The van der Waals surface area contributed by atoms with Crippen LogP contribution in [0.25, 0.3) is 0 Å². The number of hydrogen-bond acceptors (Lipinski definition) is 6. The summed E-state index contributed by atoms with van der Waals surface area (Å²) in [6, 6.07) is -0.812. The maximum Gasteiger partial charge on any atom is 0.412 e. The zero-order chi connectivity index (χ0) is 19.4. The smallest absolute Gasteiger partial charge is 0.412 e. The SMILES string of the molecule is COC(=O)[C@@H]1CCCC(NC(=O)OC(C)(C)C)N1C(=O)OC(C)(C)C. The fourth-order valence-corrected chi connectivity index (χ4v) is 2.52. The van der Waals surface area contributed by atoms with Gasteiger partial charge in [0.2, 0.25) is 0 Å². The van der Waals surface area contributed by atoms with Crippen molar-refractivity contribution in [3.63, 3.8) is 0 Å². The van der Waals surface area contributed by atoms with Gasteiger partial charge in [0.25, 0.3) is 0 Å². The molecule has 25 heavy (non-hydrogen) atoms. The average molecular weight is 358 g/mol. The number of ether oxygens (including phenoxy) is 3. The van der Waals surface area contributed by atoms with Crippen molar-refractivity contribution in [2.45, 2.75) is 84.2 Å². The van der Waals surface area contributed by atoms with Gasteiger partial charge in [-0.1, -0.05) is 0 Å². The van der Waals surface area contributed by atoms with Crippen LogP contribution >= 0.6 is 0 Å². The molecule has 144 valence electrons. The van der Waals surface area contributed by atoms with E-state index in [1.165, 1.54) is 12.0 Å². The molecule has 0 spiro atoms. The van der Waals surface area contributed by atoms with Crippen LogP contribution in [0.3, 0.4) is 0 Å². The van der Waals surface area contributed by atoms with Gasteiger partial charge in [0, 0.05) is 0 Å². The molecule has 1 saturated heterocycles. The number of carbonyl (C=O) groups is 3. The Morgan fingerprint density at radius 2 is 1.52 bits per heavy atom. The van der Waals surface area contributed by atoms with Gasteiger partial charge in [-0.05, 0) is 60.8 Å². The van der Waals surface area contributed by atoms with Crippen molar-refractivity contribution >= 4 is 18.2 Å². The molecule has 8 nitrogen and oxygen atoms in total. The highest BCUT2D eigenvalue weighted by Crippen LogP contribution is 2.25. The first-order chi connectivity index (χ1) is 11.3. The molecule has 0 aromatic heterocycles. The molecule has 1 fully saturated rings. The molecular formula is C17H30N2O6. The summed E-state index contributed by atoms with van der Waals surface area (Å²) in [6.45, 7) is 10.4. The summed E-state index contributed by atoms with van der Waals surface area (Å²) >= 11 is 0. The summed E-state index contributed by atoms with van der Waals surface area (Å²) in [5, 5.41) is 2.66. The summed E-state index contributed by atoms with van der Waals surface area (Å²) < 4.78 is 15.5. The minimum absolute atomic E-state index is 0.443. The minimum atomic E-state index is -0.812. The number of hydrogen-bond donors (Lipinski definition) is 1. The second-order valence-corrected chi connectivity index (χ2v) is 8.02. The van der Waals surface area contributed by atoms with Crippen LogP contribution in [0.2, 0.25) is 0 Å². The van der Waals surface area contributed by atoms with Crippen LogP contribution in [0, 0.1) is 0 Å². The highest BCUT2D eigenvalue weighted by molar-refractivity contribution is 5.82. The Labute approximate surface area is 149 Å². The minimum Gasteiger partial charge on any atom is -0.467 e. The van der Waals surface area contributed by atoms with Gasteiger partial charge in [-0.3, -0.25) is 4.90 Å². The van der Waals surface area contributed by atoms with Crippen molar-refractivity contribution in [2.24, 2.45) is 0 Å². The van der Waals surface area contributed by atoms with Crippen LogP contribution in [-0.4, -0.2) is 53.6 Å². The average Bonchev–Trinajstić information content (AvgIpc) is 2.42. The van der Waals surface area contributed by atoms with Crippen molar-refractivity contribution in [1.29, 1.82) is 0 Å². The molecule has 2 amide bonds. The number of esters is 1. The third-order valence-electron chi connectivity index (χ3n) is 3.39. The summed E-state index contributed by atoms with van der Waals surface area (Å²) in [6.07, 6.45) is -0.452. The lowest BCUT2D eigenvalue weighted by atomic mass is 10.00. The quantitative estimate of drug-likeness (QED) is 0.602. The van der Waals surface area contributed by atoms with E-state index >= 15 is 0 Å². The third kappa shape index (κ3) is 6.80. The number of amides is 2. The summed E-state index contributed by atoms with van der Waals surface area (Å²) in [5.74, 6) is -0.540. The van der Waals surface area contributed by atoms with Gasteiger partial charge >= 0.3 is 18.2 Å². The first-order valence-electron chi connectivity index (χ1n) is 8.43. The second-order valence-electron chi connectivity index (χ2n) is 8.02. The number of carbonyl (C=O) groups excluding carboxylic acids is 3. The van der Waals surface area contributed by atoms with E-state index in [9.17, 15) is 14.4 Å². The maximum atomic E-state index is 12.6. The van der Waals surface area contributed by atoms with Crippen LogP contribution < -0.4 is 5.32 Å². The number of likely N-dealkylation sites (tertiary alicyclic amines) is 1. The van der Waals surface area contributed by atoms with Gasteiger partial charge in [0.1, 0.15) is 23.4 Å². The molecule has 1 heterocycles. The molecule has 8 heteroatoms. The zero-order valence-corrected chi connectivity index (χ0v) is 16.2. The van der Waals surface area contributed by atoms with E-state index in [0.29, 0.717) is 19.3 Å². The van der Waals surface area contributed by atoms with Crippen molar-refractivity contribution < 1.29 is 28.6 Å². The normalized spacial score (nSPS) is 21.3. The Balaban J connectivity index is 3.00. The Morgan fingerprint density at radius 1 is 0.960 bits per heavy atom. The highest BCUT2D eigenvalue weighted by atomic mass is 16.6. The molecule has 0 aromatic rings. The van der Waals surface area contributed by atoms with E-state index in [1.807, 2.05) is 0 Å². The highest BCUT2D eigenvalue weighted by Gasteiger charge is 2.42. The number of alkyl carbamates (subject to hydrolysis) is 1. The summed E-state index contributed by atoms with van der Waals surface area (Å²) in [5.41, 5.74) is -1.40. The lowest BCUT2D eigenvalue weighted by Crippen LogP contribution is -2.60. The second kappa shape index (κ2) is 7.93. The molecule has 0 saturated carbocycles. The van der Waals surface area contributed by atoms with Crippen molar-refractivity contribution in [3.8, 4) is 0 Å². The Kier molecular flexibility index (Phi) is 6.68. The van der Waals surface area contributed by atoms with E-state index in [2.05, 4.69) is 5.32 Å². The van der Waals surface area contributed by atoms with Crippen LogP contribution in [-0.2, 0) is 19.0 Å². The van der Waals surface area contributed by atoms with Gasteiger partial charge in [-0.2, -0.15) is 0 Å². The van der Waals surface area contributed by atoms with Crippen molar-refractivity contribution in [3.05, 3.63) is 0 Å². The number of nitrogens with zero attached hydrogens (tertiary/aromatic N) is 1. The lowest BCUT2D eigenvalue weighted by molar-refractivity contribution is -0.149. The predicted molar refractivity (Wildman–Crippen MR) is 90.9 cm³/mol. The van der Waals surface area contributed by atoms with Gasteiger partial charge in [0.05, 0.1) is 7.11 Å². The van der Waals surface area contributed by atoms with Crippen LogP contribution in [0.5, 0.6) is 0 Å². The predicted octanol–water partition coefficient (Wildman–Crippen LogP) is 2.80. The number of methoxy groups -OCH3 is 1. The first kappa shape index (κ1) is 21.1. The molecule has 1 unspecified atom stereocenters. The molecular weight excluding hydrogens is 328 g/mol. The first-order valence-corrected chi connectivity index (χ1v) is 8.43. The van der Waals surface area contributed by atoms with Crippen LogP contribution in [0.4, 0.5) is 9.59 Å². The Hall–Kier alpha value is -1.99. The molecule has 2 atom stereocenters. The van der Waals surface area contributed by atoms with E-state index in [1.54, 1.807) is 41.5 Å². The van der Waals surface area contributed by atoms with Gasteiger partial charge < -0.3 is 19.5 Å². The van der Waals surface area contributed by atoms with E-state index < -0.39 is 41.6 Å². The summed E-state index contributed by atoms with van der Waals surface area (Å²) in [4.78, 5) is 38.1. The maximum absolute atomic E-state index is 12.6. The van der Waals surface area contributed by atoms with Crippen molar-refractivity contribution in [2.75, 3.05) is 7.11 Å². The molecule has 1 aliphatic heterocycles. The van der Waals surface area contributed by atoms with Gasteiger partial charge in [-0.25, -0.2) is 14.4 Å². The number of rotatable bonds is 2. The fourth-order valence-electron chi connectivity index (χ4n) is 2.52. The van der Waals surface area contributed by atoms with Gasteiger partial charge in [0.15, 0.2) is 0 Å². The monoisotopic (exact) mass is 358 g/mol. The van der Waals surface area contributed by atoms with E-state index in [4.69, 9.17) is 14.2 Å². The van der Waals surface area contributed by atoms with Gasteiger partial charge in [-0.15, -0.1) is 0 Å². The van der Waals surface area contributed by atoms with Crippen LogP contribution in [0.1, 0.15) is 60.8 Å². The molecule has 0 radical (unpaired) electrons. The van der Waals surface area contributed by atoms with Crippen molar-refractivity contribution in [1.82, 2.24) is 10.2 Å². The standard InChI is InChI=1S/C17H30N2O6/c1-16(2,3)24-14(21)18-12-10-8-9-11(13(20)23-7)19(12)15(22)25-17(4,5)6/h11-12H,8-10H2,1-7H3,(H,18,21)/t11-,12?/m0/s1. The Morgan fingerprint density at radius 3 is 2.00 bits per heavy atom. The number of piperidine rings is 1. The summed E-state index contributed by atoms with van der Waals surface area (Å²) in [7, 11) is 1.26. The largest absolute Gasteiger partial charge is 0.467 e. The topological polar surface area (TPSA) is 94.2 Å². The molecule has 0 aliphatic carbocycles. The lowest BCUT2D eigenvalue weighted by Gasteiger charge is -2.41.